The number of rotatable bonds is 7. The minimum Gasteiger partial charge on any atom is -0.356 e. The molecule has 3 nitrogen and oxygen atoms in total. The van der Waals surface area contributed by atoms with Crippen molar-refractivity contribution in [2.24, 2.45) is 10.9 Å². The quantitative estimate of drug-likeness (QED) is 0.411. The van der Waals surface area contributed by atoms with E-state index in [0.717, 1.165) is 24.2 Å². The molecule has 0 heterocycles. The lowest BCUT2D eigenvalue weighted by atomic mass is 10.0. The van der Waals surface area contributed by atoms with Crippen molar-refractivity contribution < 1.29 is 0 Å². The molecule has 0 bridgehead atoms. The Labute approximate surface area is 105 Å². The van der Waals surface area contributed by atoms with Gasteiger partial charge in [0.1, 0.15) is 0 Å². The first-order valence-electron chi connectivity index (χ1n) is 6.06. The number of thioether (sulfide) groups is 1. The van der Waals surface area contributed by atoms with Crippen LogP contribution in [-0.2, 0) is 0 Å². The van der Waals surface area contributed by atoms with Crippen molar-refractivity contribution in [3.8, 4) is 0 Å². The third kappa shape index (κ3) is 8.89. The van der Waals surface area contributed by atoms with E-state index in [4.69, 9.17) is 0 Å². The summed E-state index contributed by atoms with van der Waals surface area (Å²) in [6, 6.07) is 0.489. The molecular weight excluding hydrogens is 218 g/mol. The molecule has 0 aromatic rings. The van der Waals surface area contributed by atoms with Crippen molar-refractivity contribution in [1.82, 2.24) is 10.6 Å². The Balaban J connectivity index is 3.75. The Hall–Kier alpha value is -0.380. The van der Waals surface area contributed by atoms with Gasteiger partial charge in [0.25, 0.3) is 0 Å². The van der Waals surface area contributed by atoms with E-state index in [-0.39, 0.29) is 0 Å². The van der Waals surface area contributed by atoms with Crippen LogP contribution in [0.25, 0.3) is 0 Å². The fourth-order valence-electron chi connectivity index (χ4n) is 1.36. The molecule has 0 amide bonds. The maximum Gasteiger partial charge on any atom is 0.191 e. The molecule has 0 rings (SSSR count). The van der Waals surface area contributed by atoms with Crippen LogP contribution in [0.4, 0.5) is 0 Å². The minimum absolute atomic E-state index is 0.489. The van der Waals surface area contributed by atoms with Crippen molar-refractivity contribution in [2.45, 2.75) is 39.7 Å². The van der Waals surface area contributed by atoms with Gasteiger partial charge in [0.2, 0.25) is 0 Å². The van der Waals surface area contributed by atoms with Crippen LogP contribution in [0.1, 0.15) is 33.6 Å². The van der Waals surface area contributed by atoms with Crippen molar-refractivity contribution in [3.05, 3.63) is 0 Å². The monoisotopic (exact) mass is 245 g/mol. The lowest BCUT2D eigenvalue weighted by Crippen LogP contribution is -2.43. The number of guanidine groups is 1. The Morgan fingerprint density at radius 3 is 2.44 bits per heavy atom. The van der Waals surface area contributed by atoms with E-state index in [1.54, 1.807) is 0 Å². The van der Waals surface area contributed by atoms with E-state index < -0.39 is 0 Å². The van der Waals surface area contributed by atoms with Crippen molar-refractivity contribution >= 4 is 17.7 Å². The van der Waals surface area contributed by atoms with Crippen molar-refractivity contribution in [3.63, 3.8) is 0 Å². The molecule has 0 aromatic heterocycles. The first kappa shape index (κ1) is 15.6. The van der Waals surface area contributed by atoms with Gasteiger partial charge in [0.05, 0.1) is 0 Å². The summed E-state index contributed by atoms with van der Waals surface area (Å²) in [4.78, 5) is 4.21. The summed E-state index contributed by atoms with van der Waals surface area (Å²) in [5.41, 5.74) is 0. The lowest BCUT2D eigenvalue weighted by Gasteiger charge is -2.18. The van der Waals surface area contributed by atoms with Gasteiger partial charge < -0.3 is 10.6 Å². The highest BCUT2D eigenvalue weighted by Gasteiger charge is 2.05. The van der Waals surface area contributed by atoms with E-state index in [0.29, 0.717) is 6.04 Å². The third-order valence-corrected chi connectivity index (χ3v) is 2.99. The Bertz CT molecular complexity index is 193. The summed E-state index contributed by atoms with van der Waals surface area (Å²) in [6.07, 6.45) is 4.57. The molecule has 1 unspecified atom stereocenters. The average molecular weight is 245 g/mol. The van der Waals surface area contributed by atoms with Gasteiger partial charge in [0.15, 0.2) is 5.96 Å². The molecule has 96 valence electrons. The fourth-order valence-corrected chi connectivity index (χ4v) is 1.66. The molecule has 0 aliphatic rings. The molecule has 0 aliphatic heterocycles. The van der Waals surface area contributed by atoms with Gasteiger partial charge in [-0.2, -0.15) is 11.8 Å². The van der Waals surface area contributed by atoms with Gasteiger partial charge in [-0.05, 0) is 31.9 Å². The number of hydrogen-bond acceptors (Lipinski definition) is 2. The minimum atomic E-state index is 0.489. The molecule has 2 N–H and O–H groups in total. The van der Waals surface area contributed by atoms with Gasteiger partial charge in [-0.25, -0.2) is 0 Å². The van der Waals surface area contributed by atoms with Crippen LogP contribution in [0.5, 0.6) is 0 Å². The van der Waals surface area contributed by atoms with Crippen LogP contribution in [0.15, 0.2) is 4.99 Å². The van der Waals surface area contributed by atoms with E-state index in [1.807, 2.05) is 18.8 Å². The highest BCUT2D eigenvalue weighted by atomic mass is 32.2. The molecule has 0 fully saturated rings. The summed E-state index contributed by atoms with van der Waals surface area (Å²) in [6.45, 7) is 7.71. The van der Waals surface area contributed by atoms with E-state index in [9.17, 15) is 0 Å². The smallest absolute Gasteiger partial charge is 0.191 e. The van der Waals surface area contributed by atoms with Crippen LogP contribution < -0.4 is 10.6 Å². The number of aliphatic imine (C=N–C) groups is 1. The predicted molar refractivity (Wildman–Crippen MR) is 76.4 cm³/mol. The zero-order chi connectivity index (χ0) is 12.4. The van der Waals surface area contributed by atoms with Gasteiger partial charge in [0, 0.05) is 25.4 Å². The maximum atomic E-state index is 4.21. The van der Waals surface area contributed by atoms with Crippen LogP contribution in [0.2, 0.25) is 0 Å². The Morgan fingerprint density at radius 2 is 1.94 bits per heavy atom. The summed E-state index contributed by atoms with van der Waals surface area (Å²) in [5.74, 6) is 2.81. The largest absolute Gasteiger partial charge is 0.356 e. The zero-order valence-corrected chi connectivity index (χ0v) is 12.2. The number of hydrogen-bond donors (Lipinski definition) is 2. The normalized spacial score (nSPS) is 14.0. The van der Waals surface area contributed by atoms with Gasteiger partial charge in [-0.1, -0.05) is 13.8 Å². The Kier molecular flexibility index (Phi) is 9.59. The summed E-state index contributed by atoms with van der Waals surface area (Å²) < 4.78 is 0. The molecule has 0 saturated heterocycles. The summed E-state index contributed by atoms with van der Waals surface area (Å²) >= 11 is 1.84. The highest BCUT2D eigenvalue weighted by Crippen LogP contribution is 2.06. The van der Waals surface area contributed by atoms with E-state index in [1.165, 1.54) is 12.8 Å². The first-order valence-corrected chi connectivity index (χ1v) is 7.45. The molecule has 0 aliphatic carbocycles. The molecular formula is C12H27N3S. The van der Waals surface area contributed by atoms with Gasteiger partial charge in [-0.3, -0.25) is 4.99 Å². The second-order valence-corrected chi connectivity index (χ2v) is 5.49. The van der Waals surface area contributed by atoms with Crippen molar-refractivity contribution in [1.29, 1.82) is 0 Å². The average Bonchev–Trinajstić information content (AvgIpc) is 2.25. The molecule has 0 radical (unpaired) electrons. The second-order valence-electron chi connectivity index (χ2n) is 4.51. The topological polar surface area (TPSA) is 36.4 Å². The molecule has 0 spiro atoms. The molecule has 1 atom stereocenters. The Morgan fingerprint density at radius 1 is 1.25 bits per heavy atom. The first-order chi connectivity index (χ1) is 7.60. The van der Waals surface area contributed by atoms with E-state index >= 15 is 0 Å². The SMILES string of the molecule is CN=C(NCCSC)NC(C)CCC(C)C. The fraction of sp³-hybridized carbons (Fsp3) is 0.917. The van der Waals surface area contributed by atoms with E-state index in [2.05, 4.69) is 42.7 Å². The highest BCUT2D eigenvalue weighted by molar-refractivity contribution is 7.98. The van der Waals surface area contributed by atoms with Gasteiger partial charge in [-0.15, -0.1) is 0 Å². The second kappa shape index (κ2) is 9.82. The zero-order valence-electron chi connectivity index (χ0n) is 11.3. The van der Waals surface area contributed by atoms with Gasteiger partial charge >= 0.3 is 0 Å². The third-order valence-electron chi connectivity index (χ3n) is 2.38. The lowest BCUT2D eigenvalue weighted by molar-refractivity contribution is 0.489. The van der Waals surface area contributed by atoms with Crippen LogP contribution in [-0.4, -0.2) is 37.6 Å². The predicted octanol–water partition coefficient (Wildman–Crippen LogP) is 2.34. The summed E-state index contributed by atoms with van der Waals surface area (Å²) in [5, 5.41) is 6.72. The number of nitrogens with one attached hydrogen (secondary N) is 2. The standard InChI is InChI=1S/C12H27N3S/c1-10(2)6-7-11(3)15-12(13-4)14-8-9-16-5/h10-11H,6-9H2,1-5H3,(H2,13,14,15). The molecule has 16 heavy (non-hydrogen) atoms. The molecule has 4 heteroatoms. The number of nitrogens with zero attached hydrogens (tertiary/aromatic N) is 1. The maximum absolute atomic E-state index is 4.21. The van der Waals surface area contributed by atoms with Crippen molar-refractivity contribution in [2.75, 3.05) is 25.6 Å². The molecule has 0 saturated carbocycles. The van der Waals surface area contributed by atoms with Crippen LogP contribution in [0.3, 0.4) is 0 Å². The summed E-state index contributed by atoms with van der Waals surface area (Å²) in [7, 11) is 1.82. The molecule has 0 aromatic carbocycles. The van der Waals surface area contributed by atoms with Crippen LogP contribution in [0, 0.1) is 5.92 Å². The van der Waals surface area contributed by atoms with Crippen LogP contribution >= 0.6 is 11.8 Å².